The first kappa shape index (κ1) is 21.5. The van der Waals surface area contributed by atoms with Crippen molar-refractivity contribution < 1.29 is 22.7 Å². The minimum Gasteiger partial charge on any atom is -0.467 e. The van der Waals surface area contributed by atoms with Gasteiger partial charge in [0.15, 0.2) is 0 Å². The molecule has 0 radical (unpaired) electrons. The molecule has 1 amide bonds. The van der Waals surface area contributed by atoms with Gasteiger partial charge in [0.1, 0.15) is 5.54 Å². The molecule has 1 heterocycles. The van der Waals surface area contributed by atoms with Crippen molar-refractivity contribution in [2.24, 2.45) is 0 Å². The third-order valence-electron chi connectivity index (χ3n) is 6.22. The number of hydrogen-bond donors (Lipinski definition) is 1. The first-order valence-electron chi connectivity index (χ1n) is 10.4. The summed E-state index contributed by atoms with van der Waals surface area (Å²) >= 11 is 0. The van der Waals surface area contributed by atoms with Gasteiger partial charge in [-0.3, -0.25) is 4.79 Å². The Balaban J connectivity index is 1.56. The maximum atomic E-state index is 13.3. The number of esters is 1. The summed E-state index contributed by atoms with van der Waals surface area (Å²) in [4.78, 5) is 25.3. The SMILES string of the molecule is COC(=O)C1(NC(=O)c2cccc(S(=O)(=O)N3CCc4ccccc4C3)c2)CCCC1. The normalized spacial score (nSPS) is 18.2. The first-order chi connectivity index (χ1) is 14.9. The maximum absolute atomic E-state index is 13.3. The number of fused-ring (bicyclic) bond motifs is 1. The predicted octanol–water partition coefficient (Wildman–Crippen LogP) is 2.65. The van der Waals surface area contributed by atoms with Crippen LogP contribution in [-0.2, 0) is 32.5 Å². The van der Waals surface area contributed by atoms with Gasteiger partial charge in [-0.15, -0.1) is 0 Å². The van der Waals surface area contributed by atoms with Crippen LogP contribution in [0.5, 0.6) is 0 Å². The van der Waals surface area contributed by atoms with E-state index in [0.29, 0.717) is 32.4 Å². The van der Waals surface area contributed by atoms with Gasteiger partial charge in [0.2, 0.25) is 10.0 Å². The molecule has 0 unspecified atom stereocenters. The molecule has 1 fully saturated rings. The molecular weight excluding hydrogens is 416 g/mol. The van der Waals surface area contributed by atoms with E-state index in [1.54, 1.807) is 12.1 Å². The average molecular weight is 443 g/mol. The molecule has 0 saturated heterocycles. The second-order valence-electron chi connectivity index (χ2n) is 8.12. The lowest BCUT2D eigenvalue weighted by Gasteiger charge is -2.28. The minimum absolute atomic E-state index is 0.0677. The molecule has 1 aliphatic heterocycles. The van der Waals surface area contributed by atoms with Gasteiger partial charge < -0.3 is 10.1 Å². The second-order valence-corrected chi connectivity index (χ2v) is 10.1. The lowest BCUT2D eigenvalue weighted by Crippen LogP contribution is -2.53. The van der Waals surface area contributed by atoms with Crippen LogP contribution < -0.4 is 5.32 Å². The van der Waals surface area contributed by atoms with Crippen LogP contribution in [0, 0.1) is 0 Å². The Hall–Kier alpha value is -2.71. The first-order valence-corrected chi connectivity index (χ1v) is 11.9. The second kappa shape index (κ2) is 8.43. The van der Waals surface area contributed by atoms with E-state index in [0.717, 1.165) is 24.0 Å². The molecule has 2 aromatic rings. The average Bonchev–Trinajstić information content (AvgIpc) is 3.27. The van der Waals surface area contributed by atoms with Gasteiger partial charge >= 0.3 is 5.97 Å². The van der Waals surface area contributed by atoms with Crippen LogP contribution in [0.4, 0.5) is 0 Å². The van der Waals surface area contributed by atoms with Crippen LogP contribution >= 0.6 is 0 Å². The molecule has 164 valence electrons. The zero-order valence-electron chi connectivity index (χ0n) is 17.5. The van der Waals surface area contributed by atoms with Crippen LogP contribution in [0.25, 0.3) is 0 Å². The van der Waals surface area contributed by atoms with Crippen LogP contribution in [0.2, 0.25) is 0 Å². The van der Waals surface area contributed by atoms with Gasteiger partial charge in [0.25, 0.3) is 5.91 Å². The number of sulfonamides is 1. The maximum Gasteiger partial charge on any atom is 0.331 e. The highest BCUT2D eigenvalue weighted by Gasteiger charge is 2.43. The number of rotatable bonds is 5. The van der Waals surface area contributed by atoms with E-state index in [4.69, 9.17) is 4.74 Å². The van der Waals surface area contributed by atoms with Crippen molar-refractivity contribution in [3.05, 3.63) is 65.2 Å². The summed E-state index contributed by atoms with van der Waals surface area (Å²) in [6.45, 7) is 0.696. The summed E-state index contributed by atoms with van der Waals surface area (Å²) in [7, 11) is -2.46. The Morgan fingerprint density at radius 3 is 2.45 bits per heavy atom. The number of carbonyl (C=O) groups is 2. The number of methoxy groups -OCH3 is 1. The Morgan fingerprint density at radius 1 is 1.03 bits per heavy atom. The molecule has 0 spiro atoms. The van der Waals surface area contributed by atoms with Crippen molar-refractivity contribution in [2.75, 3.05) is 13.7 Å². The minimum atomic E-state index is -3.76. The Bertz CT molecular complexity index is 1110. The summed E-state index contributed by atoms with van der Waals surface area (Å²) in [6.07, 6.45) is 3.31. The number of amides is 1. The van der Waals surface area contributed by atoms with Crippen molar-refractivity contribution in [2.45, 2.75) is 49.1 Å². The fourth-order valence-electron chi connectivity index (χ4n) is 4.47. The molecular formula is C23H26N2O5S. The summed E-state index contributed by atoms with van der Waals surface area (Å²) < 4.78 is 32.9. The quantitative estimate of drug-likeness (QED) is 0.719. The predicted molar refractivity (Wildman–Crippen MR) is 115 cm³/mol. The van der Waals surface area contributed by atoms with Gasteiger partial charge in [0, 0.05) is 18.7 Å². The van der Waals surface area contributed by atoms with Crippen LogP contribution in [0.15, 0.2) is 53.4 Å². The van der Waals surface area contributed by atoms with Crippen LogP contribution in [-0.4, -0.2) is 43.8 Å². The fraction of sp³-hybridized carbons (Fsp3) is 0.391. The summed E-state index contributed by atoms with van der Waals surface area (Å²) in [5.74, 6) is -0.942. The molecule has 2 aromatic carbocycles. The molecule has 7 nitrogen and oxygen atoms in total. The van der Waals surface area contributed by atoms with Crippen molar-refractivity contribution in [3.63, 3.8) is 0 Å². The van der Waals surface area contributed by atoms with Gasteiger partial charge in [0.05, 0.1) is 12.0 Å². The third-order valence-corrected chi connectivity index (χ3v) is 8.06. The topological polar surface area (TPSA) is 92.8 Å². The van der Waals surface area contributed by atoms with Crippen molar-refractivity contribution >= 4 is 21.9 Å². The van der Waals surface area contributed by atoms with E-state index in [9.17, 15) is 18.0 Å². The van der Waals surface area contributed by atoms with E-state index in [-0.39, 0.29) is 10.5 Å². The zero-order valence-corrected chi connectivity index (χ0v) is 18.3. The largest absolute Gasteiger partial charge is 0.467 e. The molecule has 4 rings (SSSR count). The highest BCUT2D eigenvalue weighted by Crippen LogP contribution is 2.31. The zero-order chi connectivity index (χ0) is 22.1. The molecule has 2 aliphatic rings. The lowest BCUT2D eigenvalue weighted by atomic mass is 9.97. The van der Waals surface area contributed by atoms with E-state index < -0.39 is 27.4 Å². The summed E-state index contributed by atoms with van der Waals surface area (Å²) in [5.41, 5.74) is 1.31. The van der Waals surface area contributed by atoms with E-state index in [1.807, 2.05) is 24.3 Å². The third kappa shape index (κ3) is 4.09. The highest BCUT2D eigenvalue weighted by atomic mass is 32.2. The molecule has 0 bridgehead atoms. The summed E-state index contributed by atoms with van der Waals surface area (Å²) in [6, 6.07) is 13.8. The molecule has 8 heteroatoms. The number of hydrogen-bond acceptors (Lipinski definition) is 5. The summed E-state index contributed by atoms with van der Waals surface area (Å²) in [5, 5.41) is 2.81. The molecule has 0 atom stereocenters. The van der Waals surface area contributed by atoms with E-state index >= 15 is 0 Å². The number of nitrogens with zero attached hydrogens (tertiary/aromatic N) is 1. The number of ether oxygens (including phenoxy) is 1. The number of carbonyl (C=O) groups excluding carboxylic acids is 2. The van der Waals surface area contributed by atoms with Crippen molar-refractivity contribution in [3.8, 4) is 0 Å². The standard InChI is InChI=1S/C23H26N2O5S/c1-30-22(27)23(12-4-5-13-23)24-21(26)18-9-6-10-20(15-18)31(28,29)25-14-11-17-7-2-3-8-19(17)16-25/h2-3,6-10,15H,4-5,11-14,16H2,1H3,(H,24,26). The molecule has 1 N–H and O–H groups in total. The Labute approximate surface area is 182 Å². The van der Waals surface area contributed by atoms with Crippen LogP contribution in [0.1, 0.15) is 47.2 Å². The van der Waals surface area contributed by atoms with Gasteiger partial charge in [-0.1, -0.05) is 43.2 Å². The molecule has 1 aliphatic carbocycles. The lowest BCUT2D eigenvalue weighted by molar-refractivity contribution is -0.148. The smallest absolute Gasteiger partial charge is 0.331 e. The monoisotopic (exact) mass is 442 g/mol. The Morgan fingerprint density at radius 2 is 1.74 bits per heavy atom. The van der Waals surface area contributed by atoms with Gasteiger partial charge in [-0.2, -0.15) is 4.31 Å². The van der Waals surface area contributed by atoms with Crippen molar-refractivity contribution in [1.82, 2.24) is 9.62 Å². The number of benzene rings is 2. The number of nitrogens with one attached hydrogen (secondary N) is 1. The van der Waals surface area contributed by atoms with E-state index in [2.05, 4.69) is 5.32 Å². The highest BCUT2D eigenvalue weighted by molar-refractivity contribution is 7.89. The van der Waals surface area contributed by atoms with Gasteiger partial charge in [-0.25, -0.2) is 13.2 Å². The van der Waals surface area contributed by atoms with Crippen molar-refractivity contribution in [1.29, 1.82) is 0 Å². The Kier molecular flexibility index (Phi) is 5.85. The fourth-order valence-corrected chi connectivity index (χ4v) is 5.93. The van der Waals surface area contributed by atoms with E-state index in [1.165, 1.54) is 23.5 Å². The molecule has 0 aromatic heterocycles. The molecule has 1 saturated carbocycles. The van der Waals surface area contributed by atoms with Gasteiger partial charge in [-0.05, 0) is 48.6 Å². The van der Waals surface area contributed by atoms with Crippen LogP contribution in [0.3, 0.4) is 0 Å². The molecule has 31 heavy (non-hydrogen) atoms.